The Morgan fingerprint density at radius 1 is 0.197 bits per heavy atom. The first-order chi connectivity index (χ1) is 29.7. The Morgan fingerprint density at radius 3 is 0.348 bits per heavy atom. The van der Waals surface area contributed by atoms with Crippen LogP contribution in [0.1, 0.15) is 166 Å². The maximum absolute atomic E-state index is 3.25. The van der Waals surface area contributed by atoms with Crippen LogP contribution in [0.4, 0.5) is 0 Å². The molecular formula is C54H126Si12. The lowest BCUT2D eigenvalue weighted by Crippen LogP contribution is -3.50. The van der Waals surface area contributed by atoms with E-state index in [1.165, 1.54) is 0 Å². The fraction of sp³-hybridized carbons (Fsp3) is 1.00. The molecule has 0 amide bonds. The Balaban J connectivity index is 2.83. The summed E-state index contributed by atoms with van der Waals surface area (Å²) in [6.45, 7) is 88.8. The van der Waals surface area contributed by atoms with Crippen LogP contribution in [0.3, 0.4) is 0 Å². The summed E-state index contributed by atoms with van der Waals surface area (Å²) in [6, 6.07) is 22.8. The lowest BCUT2D eigenvalue weighted by atomic mass is 10.3. The Labute approximate surface area is 427 Å². The highest BCUT2D eigenvalue weighted by atomic mass is 31.0. The largest absolute Gasteiger partial charge is 0.0721 e. The molecule has 0 atom stereocenters. The molecule has 0 aromatic rings. The molecule has 0 aliphatic carbocycles. The molecule has 4 bridgehead atoms. The van der Waals surface area contributed by atoms with Gasteiger partial charge in [0.25, 0.3) is 0 Å². The molecule has 0 unspecified atom stereocenters. The minimum absolute atomic E-state index is 0.939. The molecule has 0 nitrogen and oxygen atoms in total. The van der Waals surface area contributed by atoms with E-state index in [1.807, 2.05) is 72.5 Å². The quantitative estimate of drug-likeness (QED) is 0.0719. The van der Waals surface area contributed by atoms with Crippen LogP contribution in [0.5, 0.6) is 0 Å². The van der Waals surface area contributed by atoms with Crippen molar-refractivity contribution in [1.29, 1.82) is 0 Å². The number of hydrogen-bond acceptors (Lipinski definition) is 0. The highest BCUT2D eigenvalue weighted by Crippen LogP contribution is 2.93. The van der Waals surface area contributed by atoms with Crippen molar-refractivity contribution in [2.75, 3.05) is 0 Å². The summed E-state index contributed by atoms with van der Waals surface area (Å²) in [5, 5.41) is 0. The predicted molar refractivity (Wildman–Crippen MR) is 340 cm³/mol. The molecule has 0 saturated carbocycles. The van der Waals surface area contributed by atoms with Gasteiger partial charge in [-0.25, -0.2) is 0 Å². The average molecular weight is 1110 g/mol. The van der Waals surface area contributed by atoms with Crippen molar-refractivity contribution >= 4 is 82.4 Å². The summed E-state index contributed by atoms with van der Waals surface area (Å²) in [4.78, 5) is 0. The monoisotopic (exact) mass is 1110 g/mol. The van der Waals surface area contributed by atoms with Crippen molar-refractivity contribution in [3.05, 3.63) is 0 Å². The van der Waals surface area contributed by atoms with E-state index in [-0.39, 0.29) is 0 Å². The number of rotatable bonds is 27. The summed E-state index contributed by atoms with van der Waals surface area (Å²) >= 11 is 0. The minimum atomic E-state index is -1.86. The van der Waals surface area contributed by atoms with E-state index in [0.717, 1.165) is 71.0 Å². The molecule has 0 aromatic carbocycles. The van der Waals surface area contributed by atoms with Crippen LogP contribution in [-0.4, -0.2) is 82.4 Å². The van der Waals surface area contributed by atoms with Gasteiger partial charge in [0, 0.05) is 82.4 Å². The van der Waals surface area contributed by atoms with Gasteiger partial charge in [0.2, 0.25) is 0 Å². The second kappa shape index (κ2) is 20.0. The van der Waals surface area contributed by atoms with Crippen LogP contribution >= 0.6 is 0 Å². The van der Waals surface area contributed by atoms with Gasteiger partial charge in [0.05, 0.1) is 0 Å². The van der Waals surface area contributed by atoms with Gasteiger partial charge in [0.1, 0.15) is 0 Å². The Morgan fingerprint density at radius 2 is 0.288 bits per heavy atom. The average Bonchev–Trinajstić information content (AvgIpc) is 3.02. The standard InChI is InChI=1S/C54H126Si12/c1-43(2)31-57(32-44(3)4)63(55(25,26)27)58(33-45(5)6,34-46(7)8)65(57,59(63,35-47(9)10)36-48(11)12)66-60(37-49(13)14,38-50(15)16)64(56(28,29)30,61(66,39-51(17)18)40-52(19)20)62(66,41-53(21)22)42-54(23)24/h43-54H,31-42H2,1-30H3. The van der Waals surface area contributed by atoms with E-state index in [4.69, 9.17) is 0 Å². The molecule has 6 aliphatic rings. The highest BCUT2D eigenvalue weighted by Gasteiger charge is 3.22. The molecule has 6 saturated heterocycles. The van der Waals surface area contributed by atoms with Gasteiger partial charge < -0.3 is 0 Å². The van der Waals surface area contributed by atoms with Crippen molar-refractivity contribution < 1.29 is 0 Å². The smallest absolute Gasteiger partial charge is 0.0306 e. The fourth-order valence-corrected chi connectivity index (χ4v) is 1200. The van der Waals surface area contributed by atoms with Gasteiger partial charge in [-0.15, -0.1) is 0 Å². The SMILES string of the molecule is CC(C)C[Si]1(CC(C)C)[Si]2([Si](C)(C)C)[Si](CC(C)C)(CC(C)C)[Si]1([Si]13[Si](CC(C)C)(CC(C)C)[Si]([Si](C)(C)C)([Si]1(CC(C)C)CC(C)C)[Si]3(CC(C)C)CC(C)C)[Si]2(CC(C)C)CC(C)C. The van der Waals surface area contributed by atoms with E-state index in [9.17, 15) is 0 Å². The van der Waals surface area contributed by atoms with E-state index < -0.39 is 82.4 Å². The van der Waals surface area contributed by atoms with Crippen molar-refractivity contribution in [1.82, 2.24) is 0 Å². The molecule has 0 radical (unpaired) electrons. The zero-order valence-electron chi connectivity index (χ0n) is 51.4. The molecule has 0 spiro atoms. The van der Waals surface area contributed by atoms with Gasteiger partial charge in [0.15, 0.2) is 0 Å². The zero-order valence-corrected chi connectivity index (χ0v) is 63.4. The molecule has 6 fully saturated rings. The first kappa shape index (κ1) is 61.2. The molecule has 6 rings (SSSR count). The fourth-order valence-electron chi connectivity index (χ4n) is 25.8. The maximum Gasteiger partial charge on any atom is 0.0306 e. The van der Waals surface area contributed by atoms with Crippen molar-refractivity contribution in [2.24, 2.45) is 71.0 Å². The molecule has 6 aliphatic heterocycles. The van der Waals surface area contributed by atoms with Crippen LogP contribution < -0.4 is 0 Å². The Bertz CT molecular complexity index is 1300. The van der Waals surface area contributed by atoms with Gasteiger partial charge >= 0.3 is 0 Å². The third kappa shape index (κ3) is 7.34. The van der Waals surface area contributed by atoms with Gasteiger partial charge in [-0.2, -0.15) is 0 Å². The van der Waals surface area contributed by atoms with Crippen molar-refractivity contribution in [3.63, 3.8) is 0 Å². The minimum Gasteiger partial charge on any atom is -0.0721 e. The predicted octanol–water partition coefficient (Wildman–Crippen LogP) is 18.3. The van der Waals surface area contributed by atoms with Gasteiger partial charge in [-0.05, 0) is 71.0 Å². The van der Waals surface area contributed by atoms with Crippen LogP contribution in [-0.2, 0) is 0 Å². The van der Waals surface area contributed by atoms with Crippen LogP contribution in [0.15, 0.2) is 0 Å². The summed E-state index contributed by atoms with van der Waals surface area (Å²) in [5.74, 6) is 11.3. The Kier molecular flexibility index (Phi) is 18.5. The second-order valence-corrected chi connectivity index (χ2v) is 191. The van der Waals surface area contributed by atoms with Crippen LogP contribution in [0, 0.1) is 71.0 Å². The maximum atomic E-state index is 3.25. The summed E-state index contributed by atoms with van der Waals surface area (Å²) in [6.07, 6.45) is -7.05. The zero-order chi connectivity index (χ0) is 51.4. The van der Waals surface area contributed by atoms with Gasteiger partial charge in [-0.1, -0.05) is 278 Å². The first-order valence-electron chi connectivity index (χ1n) is 29.7. The van der Waals surface area contributed by atoms with E-state index in [2.05, 4.69) is 205 Å². The Hall–Kier alpha value is 2.60. The summed E-state index contributed by atoms with van der Waals surface area (Å²) in [5.41, 5.74) is 0. The summed E-state index contributed by atoms with van der Waals surface area (Å²) in [7, 11) is -13.4. The molecular weight excluding hydrogens is 986 g/mol. The molecule has 6 heterocycles. The summed E-state index contributed by atoms with van der Waals surface area (Å²) < 4.78 is 0. The lowest BCUT2D eigenvalue weighted by Gasteiger charge is -3.17. The van der Waals surface area contributed by atoms with Gasteiger partial charge in [-0.3, -0.25) is 0 Å². The van der Waals surface area contributed by atoms with Crippen molar-refractivity contribution in [3.8, 4) is 0 Å². The van der Waals surface area contributed by atoms with E-state index in [0.29, 0.717) is 0 Å². The molecule has 390 valence electrons. The van der Waals surface area contributed by atoms with Crippen LogP contribution in [0.25, 0.3) is 0 Å². The molecule has 0 aromatic heterocycles. The molecule has 0 N–H and O–H groups in total. The first-order valence-corrected chi connectivity index (χ1v) is 74.2. The van der Waals surface area contributed by atoms with E-state index in [1.54, 1.807) is 0 Å². The normalized spacial score (nSPS) is 30.3. The molecule has 66 heavy (non-hydrogen) atoms. The molecule has 12 heteroatoms. The highest BCUT2D eigenvalue weighted by molar-refractivity contribution is 8.76. The third-order valence-corrected chi connectivity index (χ3v) is 502. The lowest BCUT2D eigenvalue weighted by molar-refractivity contribution is 0.671. The topological polar surface area (TPSA) is 0 Å². The van der Waals surface area contributed by atoms with Crippen LogP contribution in [0.2, 0.25) is 112 Å². The van der Waals surface area contributed by atoms with Crippen molar-refractivity contribution in [2.45, 2.75) is 278 Å². The second-order valence-electron chi connectivity index (χ2n) is 33.2. The van der Waals surface area contributed by atoms with E-state index >= 15 is 0 Å². The third-order valence-electron chi connectivity index (χ3n) is 20.5. The number of hydrogen-bond donors (Lipinski definition) is 0.